The van der Waals surface area contributed by atoms with E-state index in [0.717, 1.165) is 25.1 Å². The SMILES string of the molecule is CCCCCCNC(=O)CCCOCCS. The zero-order valence-electron chi connectivity index (χ0n) is 10.3. The van der Waals surface area contributed by atoms with Gasteiger partial charge in [-0.05, 0) is 12.8 Å². The zero-order chi connectivity index (χ0) is 12.1. The zero-order valence-corrected chi connectivity index (χ0v) is 11.2. The number of carbonyl (C=O) groups is 1. The Kier molecular flexibility index (Phi) is 12.7. The molecule has 3 nitrogen and oxygen atoms in total. The number of thiol groups is 1. The van der Waals surface area contributed by atoms with Crippen molar-refractivity contribution in [2.45, 2.75) is 45.4 Å². The smallest absolute Gasteiger partial charge is 0.220 e. The first-order chi connectivity index (χ1) is 7.81. The fourth-order valence-corrected chi connectivity index (χ4v) is 1.50. The summed E-state index contributed by atoms with van der Waals surface area (Å²) in [6.45, 7) is 4.32. The van der Waals surface area contributed by atoms with Crippen molar-refractivity contribution in [3.05, 3.63) is 0 Å². The number of amides is 1. The first-order valence-electron chi connectivity index (χ1n) is 6.26. The minimum absolute atomic E-state index is 0.144. The van der Waals surface area contributed by atoms with Gasteiger partial charge in [-0.2, -0.15) is 12.6 Å². The van der Waals surface area contributed by atoms with Crippen molar-refractivity contribution in [2.75, 3.05) is 25.5 Å². The quantitative estimate of drug-likeness (QED) is 0.435. The fraction of sp³-hybridized carbons (Fsp3) is 0.917. The van der Waals surface area contributed by atoms with Crippen LogP contribution in [0, 0.1) is 0 Å². The van der Waals surface area contributed by atoms with E-state index in [1.165, 1.54) is 19.3 Å². The average Bonchev–Trinajstić information content (AvgIpc) is 2.28. The van der Waals surface area contributed by atoms with E-state index in [1.807, 2.05) is 0 Å². The van der Waals surface area contributed by atoms with Crippen LogP contribution in [0.15, 0.2) is 0 Å². The molecule has 96 valence electrons. The number of carbonyl (C=O) groups excluding carboxylic acids is 1. The first-order valence-corrected chi connectivity index (χ1v) is 6.89. The van der Waals surface area contributed by atoms with E-state index in [0.29, 0.717) is 19.6 Å². The van der Waals surface area contributed by atoms with Crippen molar-refractivity contribution >= 4 is 18.5 Å². The predicted octanol–water partition coefficient (Wildman–Crippen LogP) is 2.41. The second kappa shape index (κ2) is 12.8. The normalized spacial score (nSPS) is 10.4. The van der Waals surface area contributed by atoms with E-state index in [-0.39, 0.29) is 5.91 Å². The van der Waals surface area contributed by atoms with Gasteiger partial charge in [0.15, 0.2) is 0 Å². The highest BCUT2D eigenvalue weighted by Gasteiger charge is 1.99. The summed E-state index contributed by atoms with van der Waals surface area (Å²) in [5.41, 5.74) is 0. The summed E-state index contributed by atoms with van der Waals surface area (Å²) in [5.74, 6) is 0.884. The third-order valence-corrected chi connectivity index (χ3v) is 2.46. The molecule has 0 rings (SSSR count). The van der Waals surface area contributed by atoms with Crippen molar-refractivity contribution in [1.29, 1.82) is 0 Å². The van der Waals surface area contributed by atoms with Crippen LogP contribution < -0.4 is 5.32 Å². The third kappa shape index (κ3) is 11.9. The van der Waals surface area contributed by atoms with Gasteiger partial charge in [0, 0.05) is 25.3 Å². The fourth-order valence-electron chi connectivity index (χ4n) is 1.37. The minimum Gasteiger partial charge on any atom is -0.381 e. The maximum Gasteiger partial charge on any atom is 0.220 e. The van der Waals surface area contributed by atoms with Crippen LogP contribution in [0.3, 0.4) is 0 Å². The number of rotatable bonds is 11. The molecule has 0 bridgehead atoms. The first kappa shape index (κ1) is 15.8. The van der Waals surface area contributed by atoms with Crippen molar-refractivity contribution in [1.82, 2.24) is 5.32 Å². The topological polar surface area (TPSA) is 38.3 Å². The van der Waals surface area contributed by atoms with Crippen molar-refractivity contribution in [3.63, 3.8) is 0 Å². The maximum atomic E-state index is 11.3. The molecule has 0 spiro atoms. The van der Waals surface area contributed by atoms with Gasteiger partial charge >= 0.3 is 0 Å². The highest BCUT2D eigenvalue weighted by atomic mass is 32.1. The van der Waals surface area contributed by atoms with Crippen LogP contribution in [0.2, 0.25) is 0 Å². The number of hydrogen-bond donors (Lipinski definition) is 2. The second-order valence-corrected chi connectivity index (χ2v) is 4.30. The Morgan fingerprint density at radius 3 is 2.69 bits per heavy atom. The van der Waals surface area contributed by atoms with Crippen LogP contribution >= 0.6 is 12.6 Å². The summed E-state index contributed by atoms with van der Waals surface area (Å²) in [5, 5.41) is 2.92. The third-order valence-electron chi connectivity index (χ3n) is 2.28. The monoisotopic (exact) mass is 247 g/mol. The summed E-state index contributed by atoms with van der Waals surface area (Å²) in [6.07, 6.45) is 6.16. The Bertz CT molecular complexity index is 149. The molecule has 0 aromatic carbocycles. The summed E-state index contributed by atoms with van der Waals surface area (Å²) < 4.78 is 5.23. The molecule has 1 amide bonds. The van der Waals surface area contributed by atoms with Crippen LogP contribution in [-0.2, 0) is 9.53 Å². The van der Waals surface area contributed by atoms with Crippen LogP contribution in [0.4, 0.5) is 0 Å². The molecule has 0 fully saturated rings. The Hall–Kier alpha value is -0.220. The summed E-state index contributed by atoms with van der Waals surface area (Å²) in [7, 11) is 0. The lowest BCUT2D eigenvalue weighted by Crippen LogP contribution is -2.24. The average molecular weight is 247 g/mol. The van der Waals surface area contributed by atoms with Gasteiger partial charge in [0.05, 0.1) is 6.61 Å². The van der Waals surface area contributed by atoms with Gasteiger partial charge < -0.3 is 10.1 Å². The highest BCUT2D eigenvalue weighted by Crippen LogP contribution is 1.97. The van der Waals surface area contributed by atoms with Crippen LogP contribution in [0.1, 0.15) is 45.4 Å². The molecule has 0 atom stereocenters. The largest absolute Gasteiger partial charge is 0.381 e. The highest BCUT2D eigenvalue weighted by molar-refractivity contribution is 7.80. The number of ether oxygens (including phenoxy) is 1. The number of unbranched alkanes of at least 4 members (excludes halogenated alkanes) is 3. The molecule has 0 radical (unpaired) electrons. The van der Waals surface area contributed by atoms with Crippen molar-refractivity contribution in [3.8, 4) is 0 Å². The van der Waals surface area contributed by atoms with Crippen molar-refractivity contribution < 1.29 is 9.53 Å². The molecule has 0 saturated carbocycles. The van der Waals surface area contributed by atoms with E-state index in [9.17, 15) is 4.79 Å². The summed E-state index contributed by atoms with van der Waals surface area (Å²) in [6, 6.07) is 0. The number of hydrogen-bond acceptors (Lipinski definition) is 3. The number of nitrogens with one attached hydrogen (secondary N) is 1. The standard InChI is InChI=1S/C12H25NO2S/c1-2-3-4-5-8-13-12(14)7-6-9-15-10-11-16/h16H,2-11H2,1H3,(H,13,14). The maximum absolute atomic E-state index is 11.3. The predicted molar refractivity (Wildman–Crippen MR) is 71.1 cm³/mol. The lowest BCUT2D eigenvalue weighted by atomic mass is 10.2. The molecular formula is C12H25NO2S. The summed E-state index contributed by atoms with van der Waals surface area (Å²) >= 11 is 4.03. The Balaban J connectivity index is 3.12. The van der Waals surface area contributed by atoms with E-state index in [2.05, 4.69) is 24.9 Å². The van der Waals surface area contributed by atoms with Gasteiger partial charge in [0.25, 0.3) is 0 Å². The Morgan fingerprint density at radius 1 is 1.19 bits per heavy atom. The van der Waals surface area contributed by atoms with E-state index in [4.69, 9.17) is 4.74 Å². The molecule has 0 saturated heterocycles. The molecule has 0 heterocycles. The van der Waals surface area contributed by atoms with Gasteiger partial charge in [-0.1, -0.05) is 26.2 Å². The van der Waals surface area contributed by atoms with Crippen molar-refractivity contribution in [2.24, 2.45) is 0 Å². The molecule has 0 aliphatic carbocycles. The van der Waals surface area contributed by atoms with Gasteiger partial charge in [-0.15, -0.1) is 0 Å². The van der Waals surface area contributed by atoms with E-state index in [1.54, 1.807) is 0 Å². The summed E-state index contributed by atoms with van der Waals surface area (Å²) in [4.78, 5) is 11.3. The molecule has 1 N–H and O–H groups in total. The Labute approximate surface area is 105 Å². The van der Waals surface area contributed by atoms with Crippen LogP contribution in [0.25, 0.3) is 0 Å². The van der Waals surface area contributed by atoms with Gasteiger partial charge in [-0.25, -0.2) is 0 Å². The lowest BCUT2D eigenvalue weighted by Gasteiger charge is -2.05. The molecule has 0 unspecified atom stereocenters. The Morgan fingerprint density at radius 2 is 2.00 bits per heavy atom. The van der Waals surface area contributed by atoms with E-state index < -0.39 is 0 Å². The van der Waals surface area contributed by atoms with Gasteiger partial charge in [0.1, 0.15) is 0 Å². The van der Waals surface area contributed by atoms with E-state index >= 15 is 0 Å². The second-order valence-electron chi connectivity index (χ2n) is 3.85. The van der Waals surface area contributed by atoms with Gasteiger partial charge in [-0.3, -0.25) is 4.79 Å². The molecule has 0 aliphatic rings. The molecule has 0 aromatic heterocycles. The molecule has 4 heteroatoms. The van der Waals surface area contributed by atoms with Crippen LogP contribution in [0.5, 0.6) is 0 Å². The minimum atomic E-state index is 0.144. The molecule has 0 aliphatic heterocycles. The molecule has 0 aromatic rings. The molecular weight excluding hydrogens is 222 g/mol. The molecule has 16 heavy (non-hydrogen) atoms. The van der Waals surface area contributed by atoms with Gasteiger partial charge in [0.2, 0.25) is 5.91 Å². The van der Waals surface area contributed by atoms with Crippen LogP contribution in [-0.4, -0.2) is 31.4 Å². The lowest BCUT2D eigenvalue weighted by molar-refractivity contribution is -0.121.